The third kappa shape index (κ3) is 2.74. The Morgan fingerprint density at radius 1 is 1.30 bits per heavy atom. The van der Waals surface area contributed by atoms with Crippen LogP contribution >= 0.6 is 0 Å². The first-order valence-corrected chi connectivity index (χ1v) is 8.74. The monoisotopic (exact) mass is 294 g/mol. The zero-order valence-corrected chi connectivity index (χ0v) is 13.1. The summed E-state index contributed by atoms with van der Waals surface area (Å²) in [5.74, 6) is 0.247. The van der Waals surface area contributed by atoms with Crippen molar-refractivity contribution in [2.75, 3.05) is 5.75 Å². The number of nitrogens with zero attached hydrogens (tertiary/aromatic N) is 1. The Morgan fingerprint density at radius 2 is 2.00 bits per heavy atom. The van der Waals surface area contributed by atoms with Gasteiger partial charge in [-0.2, -0.15) is 0 Å². The van der Waals surface area contributed by atoms with Gasteiger partial charge in [-0.3, -0.25) is 0 Å². The van der Waals surface area contributed by atoms with Gasteiger partial charge in [0, 0.05) is 34.9 Å². The van der Waals surface area contributed by atoms with Crippen LogP contribution in [0.25, 0.3) is 10.9 Å². The Kier molecular flexibility index (Phi) is 4.20. The molecule has 0 unspecified atom stereocenters. The first kappa shape index (κ1) is 15.1. The van der Waals surface area contributed by atoms with Crippen molar-refractivity contribution in [3.8, 4) is 0 Å². The molecule has 0 aliphatic rings. The molecule has 0 aliphatic carbocycles. The molecule has 0 fully saturated rings. The molecule has 0 radical (unpaired) electrons. The lowest BCUT2D eigenvalue weighted by molar-refractivity contribution is 0.582. The summed E-state index contributed by atoms with van der Waals surface area (Å²) >= 11 is 0. The molecule has 1 heterocycles. The van der Waals surface area contributed by atoms with Gasteiger partial charge in [-0.05, 0) is 31.5 Å². The van der Waals surface area contributed by atoms with Crippen molar-refractivity contribution in [1.82, 2.24) is 4.57 Å². The van der Waals surface area contributed by atoms with E-state index in [0.29, 0.717) is 6.54 Å². The second-order valence-electron chi connectivity index (χ2n) is 5.33. The highest BCUT2D eigenvalue weighted by Gasteiger charge is 2.18. The average molecular weight is 294 g/mol. The van der Waals surface area contributed by atoms with Gasteiger partial charge < -0.3 is 10.3 Å². The van der Waals surface area contributed by atoms with Gasteiger partial charge in [0.15, 0.2) is 9.84 Å². The first-order chi connectivity index (χ1) is 9.39. The molecule has 1 aromatic heterocycles. The molecule has 0 spiro atoms. The molecule has 0 saturated carbocycles. The summed E-state index contributed by atoms with van der Waals surface area (Å²) in [6.45, 7) is 6.27. The van der Waals surface area contributed by atoms with Gasteiger partial charge in [-0.1, -0.05) is 19.1 Å². The minimum absolute atomic E-state index is 0.0837. The van der Waals surface area contributed by atoms with E-state index in [1.807, 2.05) is 24.3 Å². The van der Waals surface area contributed by atoms with E-state index in [1.54, 1.807) is 6.92 Å². The highest BCUT2D eigenvalue weighted by molar-refractivity contribution is 7.90. The molecule has 2 aromatic rings. The summed E-state index contributed by atoms with van der Waals surface area (Å²) in [7, 11) is -3.05. The van der Waals surface area contributed by atoms with Crippen LogP contribution in [0.2, 0.25) is 0 Å². The number of hydrogen-bond acceptors (Lipinski definition) is 3. The summed E-state index contributed by atoms with van der Waals surface area (Å²) in [4.78, 5) is 0. The van der Waals surface area contributed by atoms with E-state index >= 15 is 0 Å². The number of hydrogen-bond donors (Lipinski definition) is 1. The molecule has 110 valence electrons. The molecular weight excluding hydrogens is 272 g/mol. The van der Waals surface area contributed by atoms with Crippen molar-refractivity contribution in [3.05, 3.63) is 35.5 Å². The Hall–Kier alpha value is -1.33. The van der Waals surface area contributed by atoms with Crippen LogP contribution in [0.3, 0.4) is 0 Å². The van der Waals surface area contributed by atoms with E-state index in [0.717, 1.165) is 22.2 Å². The van der Waals surface area contributed by atoms with Crippen molar-refractivity contribution < 1.29 is 8.42 Å². The van der Waals surface area contributed by atoms with Crippen molar-refractivity contribution >= 4 is 20.7 Å². The summed E-state index contributed by atoms with van der Waals surface area (Å²) < 4.78 is 26.0. The van der Waals surface area contributed by atoms with Gasteiger partial charge in [0.2, 0.25) is 0 Å². The molecule has 1 aromatic carbocycles. The predicted octanol–water partition coefficient (Wildman–Crippen LogP) is 2.62. The van der Waals surface area contributed by atoms with Crippen molar-refractivity contribution in [1.29, 1.82) is 0 Å². The normalized spacial score (nSPS) is 12.4. The van der Waals surface area contributed by atoms with Gasteiger partial charge in [0.05, 0.1) is 5.75 Å². The summed E-state index contributed by atoms with van der Waals surface area (Å²) in [6.07, 6.45) is 0. The highest BCUT2D eigenvalue weighted by Crippen LogP contribution is 2.28. The number of rotatable bonds is 5. The number of fused-ring (bicyclic) bond motifs is 1. The Balaban J connectivity index is 2.68. The van der Waals surface area contributed by atoms with Crippen molar-refractivity contribution in [2.24, 2.45) is 5.73 Å². The number of aromatic nitrogens is 1. The Morgan fingerprint density at radius 3 is 2.55 bits per heavy atom. The summed E-state index contributed by atoms with van der Waals surface area (Å²) in [5.41, 5.74) is 8.73. The summed E-state index contributed by atoms with van der Waals surface area (Å²) in [5, 5.41) is 1.06. The quantitative estimate of drug-likeness (QED) is 0.922. The third-order valence-electron chi connectivity index (χ3n) is 3.60. The molecule has 0 atom stereocenters. The van der Waals surface area contributed by atoms with Crippen molar-refractivity contribution in [2.45, 2.75) is 39.1 Å². The van der Waals surface area contributed by atoms with E-state index in [9.17, 15) is 8.42 Å². The topological polar surface area (TPSA) is 65.1 Å². The molecule has 0 bridgehead atoms. The molecular formula is C15H22N2O2S. The number of benzene rings is 1. The molecule has 2 rings (SSSR count). The van der Waals surface area contributed by atoms with Crippen LogP contribution < -0.4 is 5.73 Å². The van der Waals surface area contributed by atoms with Crippen LogP contribution in [0.4, 0.5) is 0 Å². The largest absolute Gasteiger partial charge is 0.341 e. The van der Waals surface area contributed by atoms with E-state index in [2.05, 4.69) is 18.4 Å². The molecule has 2 N–H and O–H groups in total. The third-order valence-corrected chi connectivity index (χ3v) is 5.21. The average Bonchev–Trinajstić information content (AvgIpc) is 2.75. The Labute approximate surface area is 120 Å². The lowest BCUT2D eigenvalue weighted by atomic mass is 10.1. The van der Waals surface area contributed by atoms with Crippen LogP contribution in [0.15, 0.2) is 24.3 Å². The van der Waals surface area contributed by atoms with Crippen LogP contribution in [0, 0.1) is 0 Å². The van der Waals surface area contributed by atoms with Gasteiger partial charge in [0.1, 0.15) is 0 Å². The van der Waals surface area contributed by atoms with E-state index in [1.165, 1.54) is 0 Å². The van der Waals surface area contributed by atoms with Crippen LogP contribution in [0.1, 0.15) is 38.1 Å². The maximum atomic E-state index is 11.9. The Bertz CT molecular complexity index is 715. The number of nitrogens with two attached hydrogens (primary N) is 1. The fourth-order valence-electron chi connectivity index (χ4n) is 2.59. The lowest BCUT2D eigenvalue weighted by Crippen LogP contribution is -2.12. The molecule has 4 nitrogen and oxygen atoms in total. The maximum Gasteiger partial charge on any atom is 0.155 e. The fraction of sp³-hybridized carbons (Fsp3) is 0.467. The molecule has 0 saturated heterocycles. The predicted molar refractivity (Wildman–Crippen MR) is 83.4 cm³/mol. The van der Waals surface area contributed by atoms with Gasteiger partial charge >= 0.3 is 0 Å². The minimum atomic E-state index is -3.05. The highest BCUT2D eigenvalue weighted by atomic mass is 32.2. The van der Waals surface area contributed by atoms with E-state index < -0.39 is 9.84 Å². The van der Waals surface area contributed by atoms with Crippen LogP contribution in [0.5, 0.6) is 0 Å². The molecule has 0 amide bonds. The zero-order chi connectivity index (χ0) is 14.9. The van der Waals surface area contributed by atoms with Crippen LogP contribution in [-0.2, 0) is 22.1 Å². The minimum Gasteiger partial charge on any atom is -0.341 e. The zero-order valence-electron chi connectivity index (χ0n) is 12.3. The molecule has 5 heteroatoms. The van der Waals surface area contributed by atoms with E-state index in [4.69, 9.17) is 5.73 Å². The van der Waals surface area contributed by atoms with Crippen LogP contribution in [-0.4, -0.2) is 18.7 Å². The SMILES string of the molecule is CCS(=O)(=O)Cc1cc2c(CN)cccc2n1C(C)C. The van der Waals surface area contributed by atoms with Gasteiger partial charge in [-0.15, -0.1) is 0 Å². The molecule has 20 heavy (non-hydrogen) atoms. The smallest absolute Gasteiger partial charge is 0.155 e. The van der Waals surface area contributed by atoms with Gasteiger partial charge in [0.25, 0.3) is 0 Å². The van der Waals surface area contributed by atoms with Gasteiger partial charge in [-0.25, -0.2) is 8.42 Å². The number of sulfone groups is 1. The standard InChI is InChI=1S/C15H22N2O2S/c1-4-20(18,19)10-13-8-14-12(9-16)6-5-7-15(14)17(13)11(2)3/h5-8,11H,4,9-10,16H2,1-3H3. The maximum absolute atomic E-state index is 11.9. The first-order valence-electron chi connectivity index (χ1n) is 6.91. The van der Waals surface area contributed by atoms with Crippen molar-refractivity contribution in [3.63, 3.8) is 0 Å². The van der Waals surface area contributed by atoms with E-state index in [-0.39, 0.29) is 17.5 Å². The second-order valence-corrected chi connectivity index (χ2v) is 7.68. The second kappa shape index (κ2) is 5.58. The lowest BCUT2D eigenvalue weighted by Gasteiger charge is -2.14. The fourth-order valence-corrected chi connectivity index (χ4v) is 3.47. The summed E-state index contributed by atoms with van der Waals surface area (Å²) in [6, 6.07) is 8.18. The molecule has 0 aliphatic heterocycles.